The van der Waals surface area contributed by atoms with Gasteiger partial charge in [0.2, 0.25) is 0 Å². The van der Waals surface area contributed by atoms with Gasteiger partial charge >= 0.3 is 0 Å². The Morgan fingerprint density at radius 2 is 1.59 bits per heavy atom. The lowest BCUT2D eigenvalue weighted by Crippen LogP contribution is -1.83. The van der Waals surface area contributed by atoms with Gasteiger partial charge in [-0.15, -0.1) is 11.8 Å². The van der Waals surface area contributed by atoms with Crippen LogP contribution in [0.3, 0.4) is 0 Å². The van der Waals surface area contributed by atoms with E-state index in [0.717, 1.165) is 0 Å². The van der Waals surface area contributed by atoms with Crippen LogP contribution < -0.4 is 0 Å². The molecule has 1 aromatic heterocycles. The van der Waals surface area contributed by atoms with Crippen molar-refractivity contribution in [1.29, 1.82) is 0 Å². The van der Waals surface area contributed by atoms with Crippen LogP contribution in [0.1, 0.15) is 64.7 Å². The Labute approximate surface area is 115 Å². The molecule has 0 radical (unpaired) electrons. The number of thiophene rings is 1. The second-order valence-electron chi connectivity index (χ2n) is 4.64. The van der Waals surface area contributed by atoms with E-state index in [-0.39, 0.29) is 0 Å². The van der Waals surface area contributed by atoms with Crippen LogP contribution in [0.4, 0.5) is 0 Å². The number of hydrogen-bond acceptors (Lipinski definition) is 2. The highest BCUT2D eigenvalue weighted by Gasteiger charge is 1.95. The molecule has 0 atom stereocenters. The molecular weight excluding hydrogens is 244 g/mol. The summed E-state index contributed by atoms with van der Waals surface area (Å²) in [6.07, 6.45) is 12.8. The highest BCUT2D eigenvalue weighted by atomic mass is 32.2. The first-order chi connectivity index (χ1) is 8.43. The molecule has 0 spiro atoms. The van der Waals surface area contributed by atoms with Gasteiger partial charge in [-0.05, 0) is 23.6 Å². The molecule has 0 bridgehead atoms. The van der Waals surface area contributed by atoms with Crippen molar-refractivity contribution in [2.75, 3.05) is 5.75 Å². The maximum Gasteiger partial charge on any atom is 0.0179 e. The maximum absolute atomic E-state index is 2.28. The summed E-state index contributed by atoms with van der Waals surface area (Å²) in [7, 11) is 0. The molecule has 0 aliphatic heterocycles. The highest BCUT2D eigenvalue weighted by molar-refractivity contribution is 7.99. The van der Waals surface area contributed by atoms with Crippen LogP contribution in [0.15, 0.2) is 21.7 Å². The van der Waals surface area contributed by atoms with Gasteiger partial charge in [-0.3, -0.25) is 0 Å². The maximum atomic E-state index is 2.28. The van der Waals surface area contributed by atoms with Crippen LogP contribution in [-0.4, -0.2) is 5.75 Å². The molecule has 1 heterocycles. The molecular formula is C15H26S2. The van der Waals surface area contributed by atoms with E-state index in [2.05, 4.69) is 23.8 Å². The van der Waals surface area contributed by atoms with Crippen molar-refractivity contribution in [3.8, 4) is 0 Å². The Morgan fingerprint density at radius 3 is 2.18 bits per heavy atom. The average Bonchev–Trinajstić information content (AvgIpc) is 2.85. The second kappa shape index (κ2) is 11.2. The van der Waals surface area contributed by atoms with Gasteiger partial charge < -0.3 is 0 Å². The van der Waals surface area contributed by atoms with Gasteiger partial charge in [-0.25, -0.2) is 0 Å². The topological polar surface area (TPSA) is 0 Å². The lowest BCUT2D eigenvalue weighted by Gasteiger charge is -2.01. The van der Waals surface area contributed by atoms with E-state index in [0.29, 0.717) is 0 Å². The van der Waals surface area contributed by atoms with Gasteiger partial charge in [0.1, 0.15) is 0 Å². The molecule has 0 fully saturated rings. The molecule has 1 rings (SSSR count). The van der Waals surface area contributed by atoms with Crippen LogP contribution in [0, 0.1) is 0 Å². The molecule has 0 unspecified atom stereocenters. The molecule has 0 amide bonds. The standard InChI is InChI=1S/C15H26S2/c1-2-3-4-5-6-7-8-9-10-12-17-15-11-13-16-14-15/h11,13-14H,2-10,12H2,1H3. The fourth-order valence-electron chi connectivity index (χ4n) is 1.94. The molecule has 0 saturated carbocycles. The first-order valence-electron chi connectivity index (χ1n) is 7.08. The van der Waals surface area contributed by atoms with Gasteiger partial charge in [-0.1, -0.05) is 58.3 Å². The van der Waals surface area contributed by atoms with E-state index in [4.69, 9.17) is 0 Å². The van der Waals surface area contributed by atoms with Crippen molar-refractivity contribution in [2.24, 2.45) is 0 Å². The first kappa shape index (κ1) is 15.1. The summed E-state index contributed by atoms with van der Waals surface area (Å²) in [4.78, 5) is 1.45. The third-order valence-corrected chi connectivity index (χ3v) is 4.92. The largest absolute Gasteiger partial charge is 0.151 e. The number of unbranched alkanes of at least 4 members (excludes halogenated alkanes) is 8. The van der Waals surface area contributed by atoms with Crippen LogP contribution in [0.2, 0.25) is 0 Å². The van der Waals surface area contributed by atoms with Gasteiger partial charge in [0.25, 0.3) is 0 Å². The summed E-state index contributed by atoms with van der Waals surface area (Å²) < 4.78 is 0. The lowest BCUT2D eigenvalue weighted by atomic mass is 10.1. The monoisotopic (exact) mass is 270 g/mol. The predicted octanol–water partition coefficient (Wildman–Crippen LogP) is 6.37. The van der Waals surface area contributed by atoms with Crippen LogP contribution >= 0.6 is 23.1 Å². The van der Waals surface area contributed by atoms with Gasteiger partial charge in [0, 0.05) is 10.3 Å². The molecule has 1 aromatic rings. The summed E-state index contributed by atoms with van der Waals surface area (Å²) in [6, 6.07) is 2.23. The minimum atomic E-state index is 1.30. The minimum Gasteiger partial charge on any atom is -0.151 e. The minimum absolute atomic E-state index is 1.30. The van der Waals surface area contributed by atoms with Crippen molar-refractivity contribution >= 4 is 23.1 Å². The predicted molar refractivity (Wildman–Crippen MR) is 82.3 cm³/mol. The fourth-order valence-corrected chi connectivity index (χ4v) is 3.73. The summed E-state index contributed by atoms with van der Waals surface area (Å²) in [6.45, 7) is 2.28. The third kappa shape index (κ3) is 8.73. The van der Waals surface area contributed by atoms with Gasteiger partial charge in [-0.2, -0.15) is 11.3 Å². The SMILES string of the molecule is CCCCCCCCCCCSc1ccsc1. The number of rotatable bonds is 11. The smallest absolute Gasteiger partial charge is 0.0179 e. The summed E-state index contributed by atoms with van der Waals surface area (Å²) in [5.74, 6) is 1.30. The van der Waals surface area contributed by atoms with Crippen molar-refractivity contribution in [3.05, 3.63) is 16.8 Å². The quantitative estimate of drug-likeness (QED) is 0.332. The highest BCUT2D eigenvalue weighted by Crippen LogP contribution is 2.22. The van der Waals surface area contributed by atoms with Crippen LogP contribution in [0.5, 0.6) is 0 Å². The molecule has 0 aliphatic carbocycles. The molecule has 0 aliphatic rings. The Morgan fingerprint density at radius 1 is 0.941 bits per heavy atom. The molecule has 0 N–H and O–H groups in total. The lowest BCUT2D eigenvalue weighted by molar-refractivity contribution is 0.573. The Kier molecular flexibility index (Phi) is 9.92. The molecule has 2 heteroatoms. The Hall–Kier alpha value is 0.0500. The second-order valence-corrected chi connectivity index (χ2v) is 6.58. The van der Waals surface area contributed by atoms with Crippen molar-refractivity contribution < 1.29 is 0 Å². The van der Waals surface area contributed by atoms with E-state index in [1.807, 2.05) is 11.8 Å². The van der Waals surface area contributed by atoms with Crippen LogP contribution in [-0.2, 0) is 0 Å². The zero-order valence-corrected chi connectivity index (χ0v) is 12.8. The van der Waals surface area contributed by atoms with E-state index in [9.17, 15) is 0 Å². The summed E-state index contributed by atoms with van der Waals surface area (Å²) in [5, 5.41) is 4.41. The van der Waals surface area contributed by atoms with Crippen molar-refractivity contribution in [3.63, 3.8) is 0 Å². The molecule has 98 valence electrons. The summed E-state index contributed by atoms with van der Waals surface area (Å²) in [5.41, 5.74) is 0. The van der Waals surface area contributed by atoms with Gasteiger partial charge in [0.15, 0.2) is 0 Å². The molecule has 0 aromatic carbocycles. The Bertz CT molecular complexity index is 241. The van der Waals surface area contributed by atoms with E-state index < -0.39 is 0 Å². The Balaban J connectivity index is 1.76. The van der Waals surface area contributed by atoms with Crippen molar-refractivity contribution in [1.82, 2.24) is 0 Å². The zero-order valence-electron chi connectivity index (χ0n) is 11.1. The first-order valence-corrected chi connectivity index (χ1v) is 9.01. The van der Waals surface area contributed by atoms with E-state index in [1.54, 1.807) is 11.3 Å². The van der Waals surface area contributed by atoms with Crippen LogP contribution in [0.25, 0.3) is 0 Å². The number of thioether (sulfide) groups is 1. The van der Waals surface area contributed by atoms with Crippen molar-refractivity contribution in [2.45, 2.75) is 69.6 Å². The fraction of sp³-hybridized carbons (Fsp3) is 0.733. The third-order valence-electron chi connectivity index (χ3n) is 3.01. The zero-order chi connectivity index (χ0) is 12.2. The van der Waals surface area contributed by atoms with E-state index in [1.165, 1.54) is 68.4 Å². The average molecular weight is 271 g/mol. The molecule has 0 saturated heterocycles. The summed E-state index contributed by atoms with van der Waals surface area (Å²) >= 11 is 3.81. The van der Waals surface area contributed by atoms with E-state index >= 15 is 0 Å². The molecule has 17 heavy (non-hydrogen) atoms. The molecule has 0 nitrogen and oxygen atoms in total. The number of hydrogen-bond donors (Lipinski definition) is 0. The normalized spacial score (nSPS) is 10.9. The van der Waals surface area contributed by atoms with Gasteiger partial charge in [0.05, 0.1) is 0 Å².